The Labute approximate surface area is 124 Å². The van der Waals surface area contributed by atoms with Crippen LogP contribution in [-0.4, -0.2) is 53.7 Å². The number of morpholine rings is 1. The molecular weight excluding hydrogens is 272 g/mol. The summed E-state index contributed by atoms with van der Waals surface area (Å²) in [5.41, 5.74) is 0.0157. The summed E-state index contributed by atoms with van der Waals surface area (Å²) in [4.78, 5) is 17.0. The van der Waals surface area contributed by atoms with Gasteiger partial charge >= 0.3 is 5.69 Å². The molecule has 2 heterocycles. The van der Waals surface area contributed by atoms with Crippen LogP contribution in [0.3, 0.4) is 0 Å². The van der Waals surface area contributed by atoms with Crippen molar-refractivity contribution in [2.45, 2.75) is 19.9 Å². The Hall–Kier alpha value is -1.73. The minimum Gasteiger partial charge on any atom is -0.379 e. The quantitative estimate of drug-likeness (QED) is 0.636. The van der Waals surface area contributed by atoms with Crippen LogP contribution in [0.25, 0.3) is 0 Å². The molecule has 0 amide bonds. The van der Waals surface area contributed by atoms with Crippen LogP contribution in [0, 0.1) is 16.0 Å². The normalized spacial score (nSPS) is 17.7. The number of nitro groups is 1. The van der Waals surface area contributed by atoms with Crippen LogP contribution in [0.4, 0.5) is 11.5 Å². The number of nitrogens with zero attached hydrogens (tertiary/aromatic N) is 3. The standard InChI is InChI=1S/C14H22N4O3/c1-11(2)13(17-6-8-21-9-7-17)10-16-14-12(18(19)20)4-3-5-15-14/h3-5,11,13H,6-10H2,1-2H3,(H,15,16). The molecule has 0 spiro atoms. The van der Waals surface area contributed by atoms with E-state index in [4.69, 9.17) is 4.74 Å². The van der Waals surface area contributed by atoms with Crippen molar-refractivity contribution in [1.82, 2.24) is 9.88 Å². The highest BCUT2D eigenvalue weighted by Gasteiger charge is 2.24. The first kappa shape index (κ1) is 15.7. The zero-order valence-corrected chi connectivity index (χ0v) is 12.5. The van der Waals surface area contributed by atoms with Gasteiger partial charge in [-0.05, 0) is 12.0 Å². The summed E-state index contributed by atoms with van der Waals surface area (Å²) in [5.74, 6) is 0.778. The van der Waals surface area contributed by atoms with Crippen LogP contribution >= 0.6 is 0 Å². The first-order chi connectivity index (χ1) is 10.1. The van der Waals surface area contributed by atoms with Gasteiger partial charge in [0.25, 0.3) is 0 Å². The summed E-state index contributed by atoms with van der Waals surface area (Å²) in [7, 11) is 0. The van der Waals surface area contributed by atoms with Crippen molar-refractivity contribution in [3.05, 3.63) is 28.4 Å². The Kier molecular flexibility index (Phi) is 5.46. The van der Waals surface area contributed by atoms with Crippen molar-refractivity contribution in [3.63, 3.8) is 0 Å². The van der Waals surface area contributed by atoms with E-state index in [9.17, 15) is 10.1 Å². The molecule has 0 bridgehead atoms. The number of hydrogen-bond donors (Lipinski definition) is 1. The van der Waals surface area contributed by atoms with Crippen molar-refractivity contribution >= 4 is 11.5 Å². The maximum atomic E-state index is 11.0. The maximum Gasteiger partial charge on any atom is 0.311 e. The van der Waals surface area contributed by atoms with Crippen molar-refractivity contribution in [3.8, 4) is 0 Å². The second-order valence-electron chi connectivity index (χ2n) is 5.47. The molecule has 116 valence electrons. The summed E-state index contributed by atoms with van der Waals surface area (Å²) in [6.07, 6.45) is 1.56. The molecule has 1 unspecified atom stereocenters. The van der Waals surface area contributed by atoms with Gasteiger partial charge in [0.05, 0.1) is 18.1 Å². The molecule has 7 heteroatoms. The highest BCUT2D eigenvalue weighted by molar-refractivity contribution is 5.55. The first-order valence-corrected chi connectivity index (χ1v) is 7.24. The van der Waals surface area contributed by atoms with E-state index in [1.807, 2.05) is 0 Å². The molecule has 0 aliphatic carbocycles. The third kappa shape index (κ3) is 4.12. The molecule has 1 aromatic rings. The lowest BCUT2D eigenvalue weighted by Gasteiger charge is -2.37. The number of anilines is 1. The summed E-state index contributed by atoms with van der Waals surface area (Å²) < 4.78 is 5.38. The lowest BCUT2D eigenvalue weighted by molar-refractivity contribution is -0.384. The number of ether oxygens (including phenoxy) is 1. The Morgan fingerprint density at radius 2 is 2.19 bits per heavy atom. The van der Waals surface area contributed by atoms with Gasteiger partial charge < -0.3 is 10.1 Å². The van der Waals surface area contributed by atoms with Crippen LogP contribution < -0.4 is 5.32 Å². The van der Waals surface area contributed by atoms with Crippen molar-refractivity contribution in [2.24, 2.45) is 5.92 Å². The molecule has 2 rings (SSSR count). The Morgan fingerprint density at radius 1 is 1.48 bits per heavy atom. The summed E-state index contributed by atoms with van der Waals surface area (Å²) in [6, 6.07) is 3.34. The van der Waals surface area contributed by atoms with Crippen molar-refractivity contribution in [2.75, 3.05) is 38.2 Å². The van der Waals surface area contributed by atoms with E-state index in [0.717, 1.165) is 26.3 Å². The number of hydrogen-bond acceptors (Lipinski definition) is 6. The molecule has 1 aromatic heterocycles. The SMILES string of the molecule is CC(C)C(CNc1ncccc1[N+](=O)[O-])N1CCOCC1. The Balaban J connectivity index is 2.03. The number of rotatable bonds is 6. The van der Waals surface area contributed by atoms with Crippen LogP contribution in [0.15, 0.2) is 18.3 Å². The molecule has 1 aliphatic heterocycles. The lowest BCUT2D eigenvalue weighted by atomic mass is 10.0. The van der Waals surface area contributed by atoms with Gasteiger partial charge in [0.2, 0.25) is 5.82 Å². The van der Waals surface area contributed by atoms with E-state index < -0.39 is 4.92 Å². The van der Waals surface area contributed by atoms with Gasteiger partial charge in [0.1, 0.15) is 0 Å². The average molecular weight is 294 g/mol. The van der Waals surface area contributed by atoms with E-state index in [0.29, 0.717) is 24.3 Å². The molecule has 0 radical (unpaired) electrons. The minimum absolute atomic E-state index is 0.0157. The van der Waals surface area contributed by atoms with Gasteiger partial charge in [-0.2, -0.15) is 0 Å². The summed E-state index contributed by atoms with van der Waals surface area (Å²) in [5, 5.41) is 14.1. The molecule has 1 saturated heterocycles. The largest absolute Gasteiger partial charge is 0.379 e. The van der Waals surface area contributed by atoms with E-state index in [-0.39, 0.29) is 5.69 Å². The first-order valence-electron chi connectivity index (χ1n) is 7.24. The topological polar surface area (TPSA) is 80.5 Å². The van der Waals surface area contributed by atoms with Gasteiger partial charge in [0, 0.05) is 37.9 Å². The molecule has 1 atom stereocenters. The molecule has 0 saturated carbocycles. The second kappa shape index (κ2) is 7.33. The fourth-order valence-corrected chi connectivity index (χ4v) is 2.58. The van der Waals surface area contributed by atoms with Gasteiger partial charge in [-0.1, -0.05) is 13.8 Å². The van der Waals surface area contributed by atoms with Crippen LogP contribution in [-0.2, 0) is 4.74 Å². The van der Waals surface area contributed by atoms with E-state index in [2.05, 4.69) is 29.0 Å². The lowest BCUT2D eigenvalue weighted by Crippen LogP contribution is -2.49. The Bertz CT molecular complexity index is 475. The molecule has 0 aromatic carbocycles. The Morgan fingerprint density at radius 3 is 2.81 bits per heavy atom. The fourth-order valence-electron chi connectivity index (χ4n) is 2.58. The van der Waals surface area contributed by atoms with Crippen LogP contribution in [0.5, 0.6) is 0 Å². The van der Waals surface area contributed by atoms with E-state index >= 15 is 0 Å². The molecule has 21 heavy (non-hydrogen) atoms. The molecule has 1 N–H and O–H groups in total. The van der Waals surface area contributed by atoms with E-state index in [1.54, 1.807) is 12.3 Å². The molecule has 1 aliphatic rings. The van der Waals surface area contributed by atoms with Gasteiger partial charge in [-0.25, -0.2) is 4.98 Å². The van der Waals surface area contributed by atoms with Crippen LogP contribution in [0.2, 0.25) is 0 Å². The predicted molar refractivity (Wildman–Crippen MR) is 80.4 cm³/mol. The fraction of sp³-hybridized carbons (Fsp3) is 0.643. The van der Waals surface area contributed by atoms with Gasteiger partial charge in [-0.3, -0.25) is 15.0 Å². The average Bonchev–Trinajstić information content (AvgIpc) is 2.48. The second-order valence-corrected chi connectivity index (χ2v) is 5.47. The smallest absolute Gasteiger partial charge is 0.311 e. The highest BCUT2D eigenvalue weighted by Crippen LogP contribution is 2.21. The van der Waals surface area contributed by atoms with Crippen LogP contribution in [0.1, 0.15) is 13.8 Å². The van der Waals surface area contributed by atoms with Gasteiger partial charge in [-0.15, -0.1) is 0 Å². The van der Waals surface area contributed by atoms with E-state index in [1.165, 1.54) is 6.07 Å². The number of nitrogens with one attached hydrogen (secondary N) is 1. The minimum atomic E-state index is -0.408. The molecular formula is C14H22N4O3. The van der Waals surface area contributed by atoms with Crippen molar-refractivity contribution < 1.29 is 9.66 Å². The molecule has 1 fully saturated rings. The monoisotopic (exact) mass is 294 g/mol. The number of pyridine rings is 1. The van der Waals surface area contributed by atoms with Crippen molar-refractivity contribution in [1.29, 1.82) is 0 Å². The number of aromatic nitrogens is 1. The third-order valence-corrected chi connectivity index (χ3v) is 3.75. The summed E-state index contributed by atoms with van der Waals surface area (Å²) >= 11 is 0. The highest BCUT2D eigenvalue weighted by atomic mass is 16.6. The van der Waals surface area contributed by atoms with Gasteiger partial charge in [0.15, 0.2) is 0 Å². The maximum absolute atomic E-state index is 11.0. The zero-order chi connectivity index (χ0) is 15.2. The zero-order valence-electron chi connectivity index (χ0n) is 12.5. The third-order valence-electron chi connectivity index (χ3n) is 3.75. The molecule has 7 nitrogen and oxygen atoms in total. The predicted octanol–water partition coefficient (Wildman–Crippen LogP) is 1.76. The summed E-state index contributed by atoms with van der Waals surface area (Å²) in [6.45, 7) is 8.24.